The fourth-order valence-corrected chi connectivity index (χ4v) is 6.00. The molecule has 10 nitrogen and oxygen atoms in total. The molecule has 3 aromatic rings. The van der Waals surface area contributed by atoms with Gasteiger partial charge in [0, 0.05) is 86.2 Å². The number of nitrogens with zero attached hydrogens (tertiary/aromatic N) is 4. The minimum atomic E-state index is -3.73. The maximum atomic E-state index is 13.9. The zero-order valence-electron chi connectivity index (χ0n) is 22.7. The van der Waals surface area contributed by atoms with E-state index in [-0.39, 0.29) is 5.78 Å². The topological polar surface area (TPSA) is 123 Å². The van der Waals surface area contributed by atoms with E-state index in [1.54, 1.807) is 38.2 Å². The van der Waals surface area contributed by atoms with Gasteiger partial charge in [-0.2, -0.15) is 12.7 Å². The Hall–Kier alpha value is -4.06. The number of carbonyl (C=O) groups excluding carboxylic acids is 1. The Balaban J connectivity index is 1.33. The molecule has 206 valence electrons. The van der Waals surface area contributed by atoms with Gasteiger partial charge in [0.05, 0.1) is 11.4 Å². The van der Waals surface area contributed by atoms with E-state index >= 15 is 0 Å². The summed E-state index contributed by atoms with van der Waals surface area (Å²) in [4.78, 5) is 28.6. The van der Waals surface area contributed by atoms with Crippen LogP contribution in [0.3, 0.4) is 0 Å². The third-order valence-electron chi connectivity index (χ3n) is 7.62. The van der Waals surface area contributed by atoms with Crippen LogP contribution >= 0.6 is 0 Å². The molecule has 0 amide bonds. The average molecular weight is 558 g/mol. The lowest BCUT2D eigenvalue weighted by Gasteiger charge is -2.27. The van der Waals surface area contributed by atoms with Gasteiger partial charge < -0.3 is 15.2 Å². The Kier molecular flexibility index (Phi) is 6.65. The molecule has 11 heteroatoms. The lowest BCUT2D eigenvalue weighted by Crippen LogP contribution is -2.44. The number of hydrogen-bond acceptors (Lipinski definition) is 7. The fraction of sp³-hybridized carbons (Fsp3) is 0.276. The smallest absolute Gasteiger partial charge is 0.301 e. The number of aromatic nitrogens is 3. The molecule has 0 spiro atoms. The van der Waals surface area contributed by atoms with Crippen LogP contribution in [0.4, 0.5) is 11.6 Å². The van der Waals surface area contributed by atoms with E-state index in [0.717, 1.165) is 59.7 Å². The van der Waals surface area contributed by atoms with Gasteiger partial charge in [-0.1, -0.05) is 19.1 Å². The summed E-state index contributed by atoms with van der Waals surface area (Å²) < 4.78 is 29.1. The second kappa shape index (κ2) is 10.2. The van der Waals surface area contributed by atoms with Crippen molar-refractivity contribution in [3.63, 3.8) is 0 Å². The molecule has 0 atom stereocenters. The number of hydrogen-bond donors (Lipinski definition) is 3. The van der Waals surface area contributed by atoms with Crippen LogP contribution in [0.15, 0.2) is 54.5 Å². The molecular formula is C29H31N7O3S. The van der Waals surface area contributed by atoms with Gasteiger partial charge in [-0.05, 0) is 47.9 Å². The van der Waals surface area contributed by atoms with Gasteiger partial charge in [-0.15, -0.1) is 0 Å². The number of aromatic amines is 1. The van der Waals surface area contributed by atoms with Gasteiger partial charge >= 0.3 is 10.2 Å². The van der Waals surface area contributed by atoms with Gasteiger partial charge in [0.15, 0.2) is 5.78 Å². The molecule has 2 aliphatic carbocycles. The summed E-state index contributed by atoms with van der Waals surface area (Å²) >= 11 is 0. The van der Waals surface area contributed by atoms with Crippen molar-refractivity contribution in [3.05, 3.63) is 88.0 Å². The van der Waals surface area contributed by atoms with Crippen molar-refractivity contribution in [2.24, 2.45) is 0 Å². The molecule has 0 unspecified atom stereocenters. The maximum Gasteiger partial charge on any atom is 0.301 e. The first-order chi connectivity index (χ1) is 19.3. The molecule has 1 aliphatic heterocycles. The predicted octanol–water partition coefficient (Wildman–Crippen LogP) is 3.24. The SMILES string of the molecule is CCN(C)S(=O)(=O)Nc1cccc(C(=O)c2c[nH]c3c2C=C(c2cnc(N4CCNCC4)nc2)C=C2C=C23)c1C. The second-order valence-electron chi connectivity index (χ2n) is 10.1. The minimum Gasteiger partial charge on any atom is -0.360 e. The monoisotopic (exact) mass is 557 g/mol. The molecule has 3 heterocycles. The first-order valence-electron chi connectivity index (χ1n) is 13.3. The van der Waals surface area contributed by atoms with Crippen LogP contribution in [-0.2, 0) is 10.2 Å². The zero-order valence-corrected chi connectivity index (χ0v) is 23.5. The van der Waals surface area contributed by atoms with Crippen LogP contribution < -0.4 is 14.9 Å². The summed E-state index contributed by atoms with van der Waals surface area (Å²) in [5.41, 5.74) is 7.52. The molecular weight excluding hydrogens is 526 g/mol. The van der Waals surface area contributed by atoms with Gasteiger partial charge in [0.25, 0.3) is 0 Å². The minimum absolute atomic E-state index is 0.189. The van der Waals surface area contributed by atoms with E-state index in [4.69, 9.17) is 0 Å². The van der Waals surface area contributed by atoms with E-state index in [1.807, 2.05) is 18.5 Å². The van der Waals surface area contributed by atoms with Crippen molar-refractivity contribution in [2.45, 2.75) is 13.8 Å². The Bertz CT molecular complexity index is 1700. The van der Waals surface area contributed by atoms with Crippen LogP contribution in [-0.4, -0.2) is 73.2 Å². The van der Waals surface area contributed by atoms with Crippen molar-refractivity contribution in [3.8, 4) is 0 Å². The normalized spacial score (nSPS) is 16.4. The molecule has 1 saturated heterocycles. The summed E-state index contributed by atoms with van der Waals surface area (Å²) in [5.74, 6) is 0.525. The highest BCUT2D eigenvalue weighted by Gasteiger charge is 2.30. The molecule has 1 aromatic carbocycles. The molecule has 1 fully saturated rings. The van der Waals surface area contributed by atoms with Crippen LogP contribution in [0.2, 0.25) is 0 Å². The number of H-pyrrole nitrogens is 1. The molecule has 2 aromatic heterocycles. The Morgan fingerprint density at radius 3 is 2.55 bits per heavy atom. The highest BCUT2D eigenvalue weighted by atomic mass is 32.2. The van der Waals surface area contributed by atoms with E-state index in [0.29, 0.717) is 34.9 Å². The number of fused-ring (bicyclic) bond motifs is 3. The van der Waals surface area contributed by atoms with Crippen LogP contribution in [0.5, 0.6) is 0 Å². The maximum absolute atomic E-state index is 13.9. The number of ketones is 1. The van der Waals surface area contributed by atoms with E-state index in [2.05, 4.69) is 42.0 Å². The number of anilines is 2. The Morgan fingerprint density at radius 1 is 1.07 bits per heavy atom. The third kappa shape index (κ3) is 4.76. The van der Waals surface area contributed by atoms with E-state index < -0.39 is 10.2 Å². The van der Waals surface area contributed by atoms with Crippen LogP contribution in [0.25, 0.3) is 17.2 Å². The number of nitrogens with one attached hydrogen (secondary N) is 3. The summed E-state index contributed by atoms with van der Waals surface area (Å²) in [6.07, 6.45) is 11.6. The molecule has 6 rings (SSSR count). The first-order valence-corrected chi connectivity index (χ1v) is 14.7. The molecule has 3 aliphatic rings. The second-order valence-corrected chi connectivity index (χ2v) is 11.9. The van der Waals surface area contributed by atoms with Gasteiger partial charge in [-0.3, -0.25) is 9.52 Å². The highest BCUT2D eigenvalue weighted by Crippen LogP contribution is 2.45. The number of carbonyl (C=O) groups is 1. The van der Waals surface area contributed by atoms with Crippen molar-refractivity contribution in [2.75, 3.05) is 49.4 Å². The lowest BCUT2D eigenvalue weighted by atomic mass is 9.95. The largest absolute Gasteiger partial charge is 0.360 e. The molecule has 40 heavy (non-hydrogen) atoms. The molecule has 3 N–H and O–H groups in total. The van der Waals surface area contributed by atoms with Gasteiger partial charge in [-0.25, -0.2) is 9.97 Å². The summed E-state index contributed by atoms with van der Waals surface area (Å²) in [7, 11) is -2.22. The van der Waals surface area contributed by atoms with Crippen LogP contribution in [0.1, 0.15) is 45.2 Å². The summed E-state index contributed by atoms with van der Waals surface area (Å²) in [6, 6.07) is 5.08. The van der Waals surface area contributed by atoms with Crippen molar-refractivity contribution >= 4 is 44.9 Å². The average Bonchev–Trinajstić information content (AvgIpc) is 3.64. The molecule has 0 radical (unpaired) electrons. The third-order valence-corrected chi connectivity index (χ3v) is 9.17. The van der Waals surface area contributed by atoms with E-state index in [1.165, 1.54) is 11.4 Å². The number of rotatable bonds is 8. The zero-order chi connectivity index (χ0) is 28.0. The van der Waals surface area contributed by atoms with Gasteiger partial charge in [0.1, 0.15) is 0 Å². The van der Waals surface area contributed by atoms with E-state index in [9.17, 15) is 13.2 Å². The summed E-state index contributed by atoms with van der Waals surface area (Å²) in [6.45, 7) is 7.40. The summed E-state index contributed by atoms with van der Waals surface area (Å²) in [5, 5.41) is 3.34. The number of allylic oxidation sites excluding steroid dienone is 5. The standard InChI is InChI=1S/C29H31N7O3S/c1-4-35(3)40(38,39)34-26-7-5-6-22(18(26)2)28(37)25-17-31-27-23-14-20(23)12-19(13-24(25)27)21-15-32-29(33-16-21)36-10-8-30-9-11-36/h5-7,12-17,30-31,34H,4,8-11H2,1-3H3. The van der Waals surface area contributed by atoms with Crippen molar-refractivity contribution < 1.29 is 13.2 Å². The van der Waals surface area contributed by atoms with Crippen molar-refractivity contribution in [1.82, 2.24) is 24.6 Å². The van der Waals surface area contributed by atoms with Gasteiger partial charge in [0.2, 0.25) is 5.95 Å². The fourth-order valence-electron chi connectivity index (χ4n) is 5.00. The molecule has 0 saturated carbocycles. The predicted molar refractivity (Wildman–Crippen MR) is 157 cm³/mol. The number of piperazine rings is 1. The van der Waals surface area contributed by atoms with Crippen molar-refractivity contribution in [1.29, 1.82) is 0 Å². The van der Waals surface area contributed by atoms with Crippen LogP contribution in [0, 0.1) is 6.92 Å². The lowest BCUT2D eigenvalue weighted by molar-refractivity contribution is 0.103. The quantitative estimate of drug-likeness (QED) is 0.364. The number of benzene rings is 1. The Morgan fingerprint density at radius 2 is 1.82 bits per heavy atom. The Labute approximate surface area is 233 Å². The first kappa shape index (κ1) is 26.2. The molecule has 0 bridgehead atoms. The highest BCUT2D eigenvalue weighted by molar-refractivity contribution is 7.90.